The molecule has 1 amide bonds. The fourth-order valence-corrected chi connectivity index (χ4v) is 2.16. The lowest BCUT2D eigenvalue weighted by atomic mass is 10.1. The van der Waals surface area contributed by atoms with Crippen LogP contribution in [0.1, 0.15) is 27.3 Å². The molecule has 0 unspecified atom stereocenters. The number of carbonyl (C=O) groups excluding carboxylic acids is 1. The van der Waals surface area contributed by atoms with Crippen LogP contribution >= 0.6 is 15.9 Å². The van der Waals surface area contributed by atoms with Crippen LogP contribution in [0.3, 0.4) is 0 Å². The molecule has 5 nitrogen and oxygen atoms in total. The lowest BCUT2D eigenvalue weighted by Crippen LogP contribution is -2.15. The Bertz CT molecular complexity index is 622. The molecule has 19 heavy (non-hydrogen) atoms. The molecular formula is C13H13BrN4O. The number of aryl methyl sites for hydroxylation is 3. The van der Waals surface area contributed by atoms with E-state index in [1.165, 1.54) is 0 Å². The number of benzene rings is 1. The molecule has 0 spiro atoms. The number of hydrogen-bond donors (Lipinski definition) is 1. The second kappa shape index (κ2) is 5.44. The molecule has 0 aliphatic rings. The zero-order valence-electron chi connectivity index (χ0n) is 10.9. The molecule has 1 N–H and O–H groups in total. The third kappa shape index (κ3) is 3.35. The SMILES string of the molecule is Cc1cc(Br)cc(C(=O)Nc2nnc(C)c(C)n2)c1. The van der Waals surface area contributed by atoms with E-state index < -0.39 is 0 Å². The van der Waals surface area contributed by atoms with Crippen molar-refractivity contribution in [3.8, 4) is 0 Å². The van der Waals surface area contributed by atoms with Crippen molar-refractivity contribution in [3.05, 3.63) is 45.2 Å². The fraction of sp³-hybridized carbons (Fsp3) is 0.231. The van der Waals surface area contributed by atoms with E-state index in [0.717, 1.165) is 21.4 Å². The molecule has 1 aromatic heterocycles. The van der Waals surface area contributed by atoms with E-state index in [-0.39, 0.29) is 11.9 Å². The van der Waals surface area contributed by atoms with Gasteiger partial charge in [-0.25, -0.2) is 4.98 Å². The van der Waals surface area contributed by atoms with Crippen molar-refractivity contribution in [1.29, 1.82) is 0 Å². The van der Waals surface area contributed by atoms with Crippen molar-refractivity contribution in [2.24, 2.45) is 0 Å². The monoisotopic (exact) mass is 320 g/mol. The Morgan fingerprint density at radius 2 is 1.84 bits per heavy atom. The Hall–Kier alpha value is -1.82. The average molecular weight is 321 g/mol. The van der Waals surface area contributed by atoms with Crippen molar-refractivity contribution in [2.75, 3.05) is 5.32 Å². The molecule has 0 bridgehead atoms. The molecule has 0 saturated heterocycles. The molecule has 0 aliphatic carbocycles. The number of hydrogen-bond acceptors (Lipinski definition) is 4. The van der Waals surface area contributed by atoms with Gasteiger partial charge in [0.2, 0.25) is 5.95 Å². The van der Waals surface area contributed by atoms with E-state index in [2.05, 4.69) is 36.4 Å². The van der Waals surface area contributed by atoms with Gasteiger partial charge in [0, 0.05) is 10.0 Å². The standard InChI is InChI=1S/C13H13BrN4O/c1-7-4-10(6-11(14)5-7)12(19)16-13-15-8(2)9(3)17-18-13/h4-6H,1-3H3,(H,15,16,18,19). The Balaban J connectivity index is 2.22. The van der Waals surface area contributed by atoms with Gasteiger partial charge in [-0.3, -0.25) is 10.1 Å². The van der Waals surface area contributed by atoms with Gasteiger partial charge in [-0.2, -0.15) is 5.10 Å². The molecule has 98 valence electrons. The van der Waals surface area contributed by atoms with Gasteiger partial charge in [0.1, 0.15) is 0 Å². The Kier molecular flexibility index (Phi) is 3.90. The van der Waals surface area contributed by atoms with E-state index in [4.69, 9.17) is 0 Å². The second-order valence-electron chi connectivity index (χ2n) is 4.28. The summed E-state index contributed by atoms with van der Waals surface area (Å²) < 4.78 is 0.858. The Labute approximate surface area is 119 Å². The molecule has 0 fully saturated rings. The van der Waals surface area contributed by atoms with Gasteiger partial charge in [0.15, 0.2) is 0 Å². The van der Waals surface area contributed by atoms with Crippen molar-refractivity contribution < 1.29 is 4.79 Å². The predicted molar refractivity (Wildman–Crippen MR) is 76.1 cm³/mol. The quantitative estimate of drug-likeness (QED) is 0.923. The number of aromatic nitrogens is 3. The highest BCUT2D eigenvalue weighted by Crippen LogP contribution is 2.16. The maximum absolute atomic E-state index is 12.1. The summed E-state index contributed by atoms with van der Waals surface area (Å²) in [7, 11) is 0. The molecule has 0 aliphatic heterocycles. The van der Waals surface area contributed by atoms with Gasteiger partial charge in [-0.05, 0) is 44.5 Å². The number of carbonyl (C=O) groups is 1. The first-order valence-corrected chi connectivity index (χ1v) is 6.51. The first-order chi connectivity index (χ1) is 8.95. The van der Waals surface area contributed by atoms with Crippen LogP contribution in [-0.2, 0) is 0 Å². The smallest absolute Gasteiger partial charge is 0.258 e. The summed E-state index contributed by atoms with van der Waals surface area (Å²) >= 11 is 3.36. The highest BCUT2D eigenvalue weighted by atomic mass is 79.9. The first-order valence-electron chi connectivity index (χ1n) is 5.72. The predicted octanol–water partition coefficient (Wildman–Crippen LogP) is 2.81. The van der Waals surface area contributed by atoms with Gasteiger partial charge in [-0.1, -0.05) is 15.9 Å². The van der Waals surface area contributed by atoms with Crippen LogP contribution in [0.25, 0.3) is 0 Å². The summed E-state index contributed by atoms with van der Waals surface area (Å²) in [5.41, 5.74) is 3.04. The van der Waals surface area contributed by atoms with E-state index in [9.17, 15) is 4.79 Å². The maximum Gasteiger partial charge on any atom is 0.258 e. The number of rotatable bonds is 2. The van der Waals surface area contributed by atoms with E-state index in [1.807, 2.05) is 26.8 Å². The zero-order valence-corrected chi connectivity index (χ0v) is 12.4. The first kappa shape index (κ1) is 13.6. The van der Waals surface area contributed by atoms with Crippen LogP contribution in [-0.4, -0.2) is 21.1 Å². The third-order valence-corrected chi connectivity index (χ3v) is 3.08. The largest absolute Gasteiger partial charge is 0.289 e. The van der Waals surface area contributed by atoms with E-state index >= 15 is 0 Å². The van der Waals surface area contributed by atoms with Crippen molar-refractivity contribution in [3.63, 3.8) is 0 Å². The Morgan fingerprint density at radius 3 is 2.47 bits per heavy atom. The molecule has 6 heteroatoms. The van der Waals surface area contributed by atoms with Crippen LogP contribution in [0.5, 0.6) is 0 Å². The molecule has 1 heterocycles. The van der Waals surface area contributed by atoms with Crippen LogP contribution < -0.4 is 5.32 Å². The number of anilines is 1. The summed E-state index contributed by atoms with van der Waals surface area (Å²) in [6, 6.07) is 5.48. The normalized spacial score (nSPS) is 10.3. The summed E-state index contributed by atoms with van der Waals surface area (Å²) in [5, 5.41) is 10.4. The summed E-state index contributed by atoms with van der Waals surface area (Å²) in [6.45, 7) is 5.57. The van der Waals surface area contributed by atoms with Crippen LogP contribution in [0.4, 0.5) is 5.95 Å². The molecule has 0 radical (unpaired) electrons. The summed E-state index contributed by atoms with van der Waals surface area (Å²) in [5.74, 6) is -0.0415. The van der Waals surface area contributed by atoms with Crippen molar-refractivity contribution in [1.82, 2.24) is 15.2 Å². The minimum atomic E-state index is -0.255. The van der Waals surface area contributed by atoms with Gasteiger partial charge in [0.25, 0.3) is 5.91 Å². The Morgan fingerprint density at radius 1 is 1.11 bits per heavy atom. The van der Waals surface area contributed by atoms with Crippen LogP contribution in [0.15, 0.2) is 22.7 Å². The van der Waals surface area contributed by atoms with Gasteiger partial charge in [-0.15, -0.1) is 5.10 Å². The van der Waals surface area contributed by atoms with Crippen LogP contribution in [0.2, 0.25) is 0 Å². The molecule has 1 aromatic carbocycles. The molecule has 2 aromatic rings. The van der Waals surface area contributed by atoms with E-state index in [1.54, 1.807) is 12.1 Å². The highest BCUT2D eigenvalue weighted by Gasteiger charge is 2.10. The third-order valence-electron chi connectivity index (χ3n) is 2.62. The van der Waals surface area contributed by atoms with Gasteiger partial charge in [0.05, 0.1) is 11.4 Å². The van der Waals surface area contributed by atoms with Gasteiger partial charge < -0.3 is 0 Å². The van der Waals surface area contributed by atoms with E-state index in [0.29, 0.717) is 5.56 Å². The summed E-state index contributed by atoms with van der Waals surface area (Å²) in [6.07, 6.45) is 0. The zero-order chi connectivity index (χ0) is 14.0. The molecule has 2 rings (SSSR count). The minimum absolute atomic E-state index is 0.214. The lowest BCUT2D eigenvalue weighted by Gasteiger charge is -2.06. The highest BCUT2D eigenvalue weighted by molar-refractivity contribution is 9.10. The molecular weight excluding hydrogens is 308 g/mol. The topological polar surface area (TPSA) is 67.8 Å². The fourth-order valence-electron chi connectivity index (χ4n) is 1.55. The van der Waals surface area contributed by atoms with Crippen molar-refractivity contribution >= 4 is 27.8 Å². The molecule has 0 saturated carbocycles. The maximum atomic E-state index is 12.1. The number of nitrogens with zero attached hydrogens (tertiary/aromatic N) is 3. The van der Waals surface area contributed by atoms with Gasteiger partial charge >= 0.3 is 0 Å². The van der Waals surface area contributed by atoms with Crippen LogP contribution in [0, 0.1) is 20.8 Å². The summed E-state index contributed by atoms with van der Waals surface area (Å²) in [4.78, 5) is 16.2. The average Bonchev–Trinajstić information content (AvgIpc) is 2.32. The lowest BCUT2D eigenvalue weighted by molar-refractivity contribution is 0.102. The van der Waals surface area contributed by atoms with Crippen molar-refractivity contribution in [2.45, 2.75) is 20.8 Å². The number of nitrogens with one attached hydrogen (secondary N) is 1. The number of amides is 1. The second-order valence-corrected chi connectivity index (χ2v) is 5.19. The minimum Gasteiger partial charge on any atom is -0.289 e. The number of halogens is 1. The molecule has 0 atom stereocenters.